The van der Waals surface area contributed by atoms with Crippen molar-refractivity contribution in [3.8, 4) is 0 Å². The van der Waals surface area contributed by atoms with Gasteiger partial charge in [0.2, 0.25) is 0 Å². The molecule has 2 atom stereocenters. The maximum atomic E-state index is 6.18. The van der Waals surface area contributed by atoms with Crippen molar-refractivity contribution in [3.63, 3.8) is 0 Å². The van der Waals surface area contributed by atoms with Crippen LogP contribution in [0.4, 0.5) is 0 Å². The maximum Gasteiger partial charge on any atom is 0.0416 e. The summed E-state index contributed by atoms with van der Waals surface area (Å²) in [6, 6.07) is 0. The molecule has 0 aliphatic carbocycles. The average molecular weight is 177 g/mol. The molecule has 68 valence electrons. The fourth-order valence-corrected chi connectivity index (χ4v) is 1.14. The van der Waals surface area contributed by atoms with Crippen LogP contribution in [0.5, 0.6) is 0 Å². The first-order valence-electron chi connectivity index (χ1n) is 4.56. The van der Waals surface area contributed by atoms with Gasteiger partial charge in [0.25, 0.3) is 0 Å². The molecule has 0 radical (unpaired) electrons. The minimum atomic E-state index is -0.0383. The van der Waals surface area contributed by atoms with Gasteiger partial charge in [-0.1, -0.05) is 27.2 Å². The van der Waals surface area contributed by atoms with Gasteiger partial charge in [-0.2, -0.15) is 0 Å². The highest BCUT2D eigenvalue weighted by atomic mass is 35.5. The Labute approximate surface area is 76.3 Å². The molecule has 0 amide bonds. The molecule has 0 aromatic rings. The Bertz CT molecular complexity index is 102. The molecule has 0 fully saturated rings. The van der Waals surface area contributed by atoms with Gasteiger partial charge in [-0.15, -0.1) is 11.6 Å². The zero-order valence-corrected chi connectivity index (χ0v) is 9.20. The quantitative estimate of drug-likeness (QED) is 0.567. The summed E-state index contributed by atoms with van der Waals surface area (Å²) in [4.78, 5) is -0.0383. The van der Waals surface area contributed by atoms with Gasteiger partial charge in [0.15, 0.2) is 0 Å². The van der Waals surface area contributed by atoms with E-state index in [0.29, 0.717) is 5.92 Å². The maximum absolute atomic E-state index is 6.18. The SMILES string of the molecule is CCC(C)CC(C)C(C)(C)Cl. The molecular weight excluding hydrogens is 156 g/mol. The Kier molecular flexibility index (Phi) is 4.46. The molecule has 0 bridgehead atoms. The zero-order chi connectivity index (χ0) is 9.07. The van der Waals surface area contributed by atoms with Crippen molar-refractivity contribution in [2.45, 2.75) is 52.3 Å². The monoisotopic (exact) mass is 176 g/mol. The third kappa shape index (κ3) is 4.68. The lowest BCUT2D eigenvalue weighted by atomic mass is 9.87. The normalized spacial score (nSPS) is 18.0. The van der Waals surface area contributed by atoms with Crippen molar-refractivity contribution >= 4 is 11.6 Å². The Balaban J connectivity index is 3.77. The van der Waals surface area contributed by atoms with Gasteiger partial charge in [-0.3, -0.25) is 0 Å². The standard InChI is InChI=1S/C10H21Cl/c1-6-8(2)7-9(3)10(4,5)11/h8-9H,6-7H2,1-5H3. The van der Waals surface area contributed by atoms with Gasteiger partial charge in [-0.05, 0) is 32.1 Å². The number of hydrogen-bond acceptors (Lipinski definition) is 0. The first kappa shape index (κ1) is 11.3. The summed E-state index contributed by atoms with van der Waals surface area (Å²) in [5, 5.41) is 0. The predicted molar refractivity (Wildman–Crippen MR) is 53.2 cm³/mol. The molecule has 0 rings (SSSR count). The van der Waals surface area contributed by atoms with E-state index in [1.54, 1.807) is 0 Å². The molecule has 0 aromatic heterocycles. The highest BCUT2D eigenvalue weighted by molar-refractivity contribution is 6.23. The Morgan fingerprint density at radius 1 is 1.27 bits per heavy atom. The second-order valence-corrected chi connectivity index (χ2v) is 5.19. The van der Waals surface area contributed by atoms with Crippen LogP contribution in [0.3, 0.4) is 0 Å². The highest BCUT2D eigenvalue weighted by Crippen LogP contribution is 2.29. The van der Waals surface area contributed by atoms with Crippen LogP contribution < -0.4 is 0 Å². The van der Waals surface area contributed by atoms with E-state index in [1.165, 1.54) is 12.8 Å². The number of rotatable bonds is 4. The van der Waals surface area contributed by atoms with Crippen molar-refractivity contribution < 1.29 is 0 Å². The van der Waals surface area contributed by atoms with Gasteiger partial charge in [0.1, 0.15) is 0 Å². The molecule has 1 heteroatoms. The summed E-state index contributed by atoms with van der Waals surface area (Å²) in [5.41, 5.74) is 0. The van der Waals surface area contributed by atoms with Crippen LogP contribution in [0, 0.1) is 11.8 Å². The molecule has 0 aliphatic heterocycles. The summed E-state index contributed by atoms with van der Waals surface area (Å²) < 4.78 is 0. The van der Waals surface area contributed by atoms with Gasteiger partial charge in [-0.25, -0.2) is 0 Å². The number of halogens is 1. The second kappa shape index (κ2) is 4.35. The van der Waals surface area contributed by atoms with Crippen LogP contribution in [-0.4, -0.2) is 4.87 Å². The van der Waals surface area contributed by atoms with Crippen LogP contribution >= 0.6 is 11.6 Å². The molecule has 0 nitrogen and oxygen atoms in total. The zero-order valence-electron chi connectivity index (χ0n) is 8.45. The first-order valence-corrected chi connectivity index (χ1v) is 4.94. The van der Waals surface area contributed by atoms with Crippen molar-refractivity contribution in [1.82, 2.24) is 0 Å². The predicted octanol–water partition coefficient (Wildman–Crippen LogP) is 4.08. The van der Waals surface area contributed by atoms with E-state index in [9.17, 15) is 0 Å². The molecule has 2 unspecified atom stereocenters. The van der Waals surface area contributed by atoms with E-state index in [2.05, 4.69) is 34.6 Å². The molecule has 0 aliphatic rings. The summed E-state index contributed by atoms with van der Waals surface area (Å²) in [6.07, 6.45) is 2.50. The second-order valence-electron chi connectivity index (χ2n) is 4.21. The summed E-state index contributed by atoms with van der Waals surface area (Å²) in [5.74, 6) is 1.42. The van der Waals surface area contributed by atoms with Gasteiger partial charge in [0, 0.05) is 4.87 Å². The Morgan fingerprint density at radius 2 is 1.73 bits per heavy atom. The van der Waals surface area contributed by atoms with Crippen LogP contribution in [-0.2, 0) is 0 Å². The van der Waals surface area contributed by atoms with E-state index >= 15 is 0 Å². The van der Waals surface area contributed by atoms with Crippen LogP contribution in [0.1, 0.15) is 47.5 Å². The summed E-state index contributed by atoms with van der Waals surface area (Å²) in [7, 11) is 0. The Morgan fingerprint density at radius 3 is 2.00 bits per heavy atom. The van der Waals surface area contributed by atoms with E-state index in [4.69, 9.17) is 11.6 Å². The lowest BCUT2D eigenvalue weighted by Gasteiger charge is -2.26. The third-order valence-electron chi connectivity index (χ3n) is 2.62. The van der Waals surface area contributed by atoms with Crippen LogP contribution in [0.15, 0.2) is 0 Å². The number of hydrogen-bond donors (Lipinski definition) is 0. The topological polar surface area (TPSA) is 0 Å². The molecule has 0 saturated carbocycles. The molecule has 0 spiro atoms. The molecular formula is C10H21Cl. The van der Waals surface area contributed by atoms with E-state index in [1.807, 2.05) is 0 Å². The van der Waals surface area contributed by atoms with Gasteiger partial charge >= 0.3 is 0 Å². The molecule has 0 heterocycles. The molecule has 0 saturated heterocycles. The van der Waals surface area contributed by atoms with Gasteiger partial charge in [0.05, 0.1) is 0 Å². The van der Waals surface area contributed by atoms with E-state index in [0.717, 1.165) is 5.92 Å². The van der Waals surface area contributed by atoms with Crippen molar-refractivity contribution in [2.75, 3.05) is 0 Å². The lowest BCUT2D eigenvalue weighted by Crippen LogP contribution is -2.23. The first-order chi connectivity index (χ1) is 4.88. The molecule has 0 aromatic carbocycles. The minimum absolute atomic E-state index is 0.0383. The highest BCUT2D eigenvalue weighted by Gasteiger charge is 2.23. The Hall–Kier alpha value is 0.290. The average Bonchev–Trinajstić information content (AvgIpc) is 1.85. The van der Waals surface area contributed by atoms with Crippen molar-refractivity contribution in [1.29, 1.82) is 0 Å². The van der Waals surface area contributed by atoms with Crippen LogP contribution in [0.2, 0.25) is 0 Å². The van der Waals surface area contributed by atoms with Crippen molar-refractivity contribution in [3.05, 3.63) is 0 Å². The van der Waals surface area contributed by atoms with E-state index in [-0.39, 0.29) is 4.87 Å². The van der Waals surface area contributed by atoms with Crippen LogP contribution in [0.25, 0.3) is 0 Å². The summed E-state index contributed by atoms with van der Waals surface area (Å²) >= 11 is 6.18. The molecule has 0 N–H and O–H groups in total. The van der Waals surface area contributed by atoms with E-state index < -0.39 is 0 Å². The van der Waals surface area contributed by atoms with Crippen molar-refractivity contribution in [2.24, 2.45) is 11.8 Å². The fourth-order valence-electron chi connectivity index (χ4n) is 1.05. The molecule has 11 heavy (non-hydrogen) atoms. The van der Waals surface area contributed by atoms with Gasteiger partial charge < -0.3 is 0 Å². The smallest absolute Gasteiger partial charge is 0.0416 e. The summed E-state index contributed by atoms with van der Waals surface area (Å²) in [6.45, 7) is 11.0. The minimum Gasteiger partial charge on any atom is -0.120 e. The fraction of sp³-hybridized carbons (Fsp3) is 1.00. The largest absolute Gasteiger partial charge is 0.120 e. The third-order valence-corrected chi connectivity index (χ3v) is 3.00. The number of alkyl halides is 1. The lowest BCUT2D eigenvalue weighted by molar-refractivity contribution is 0.347.